The molecular formula is C21H17F9O. The molecule has 0 spiro atoms. The number of hydrogen-bond acceptors (Lipinski definition) is 1. The molecule has 1 saturated carbocycles. The van der Waals surface area contributed by atoms with E-state index in [-0.39, 0.29) is 6.42 Å². The molecule has 31 heavy (non-hydrogen) atoms. The number of carbonyl (C=O) groups excluding carboxylic acids is 1. The fourth-order valence-corrected chi connectivity index (χ4v) is 4.22. The van der Waals surface area contributed by atoms with Crippen LogP contribution >= 0.6 is 0 Å². The van der Waals surface area contributed by atoms with Gasteiger partial charge in [-0.15, -0.1) is 0 Å². The second-order valence-electron chi connectivity index (χ2n) is 7.77. The molecule has 0 amide bonds. The van der Waals surface area contributed by atoms with Crippen molar-refractivity contribution in [1.82, 2.24) is 0 Å². The van der Waals surface area contributed by atoms with Crippen LogP contribution < -0.4 is 0 Å². The first-order valence-electron chi connectivity index (χ1n) is 9.36. The van der Waals surface area contributed by atoms with Crippen LogP contribution in [0.2, 0.25) is 0 Å². The molecule has 10 heteroatoms. The zero-order valence-electron chi connectivity index (χ0n) is 16.0. The van der Waals surface area contributed by atoms with Crippen molar-refractivity contribution in [2.24, 2.45) is 11.8 Å². The van der Waals surface area contributed by atoms with Gasteiger partial charge < -0.3 is 0 Å². The number of benzene rings is 2. The Morgan fingerprint density at radius 2 is 1.35 bits per heavy atom. The van der Waals surface area contributed by atoms with Crippen LogP contribution in [0.15, 0.2) is 42.5 Å². The SMILES string of the molecule is CC1C(=O)C(C(F)(F)C(F)(F)C(F)(F)C(F)(F)F)CCC1c1cccc2ccccc12. The highest BCUT2D eigenvalue weighted by Crippen LogP contribution is 2.57. The average molecular weight is 456 g/mol. The highest BCUT2D eigenvalue weighted by atomic mass is 19.4. The van der Waals surface area contributed by atoms with E-state index < -0.39 is 53.9 Å². The Morgan fingerprint density at radius 1 is 0.774 bits per heavy atom. The van der Waals surface area contributed by atoms with Gasteiger partial charge in [-0.05, 0) is 35.1 Å². The Morgan fingerprint density at radius 3 is 1.97 bits per heavy atom. The standard InChI is InChI=1S/C21H17F9O/c1-11-13(15-8-4-6-12-5-2-3-7-14(12)15)9-10-16(17(11)31)18(22,23)19(24,25)20(26,27)21(28,29)30/h2-8,11,13,16H,9-10H2,1H3. The fourth-order valence-electron chi connectivity index (χ4n) is 4.22. The minimum absolute atomic E-state index is 0.255. The summed E-state index contributed by atoms with van der Waals surface area (Å²) in [5, 5.41) is 1.48. The van der Waals surface area contributed by atoms with Crippen molar-refractivity contribution < 1.29 is 44.3 Å². The van der Waals surface area contributed by atoms with E-state index in [1.807, 2.05) is 0 Å². The highest BCUT2D eigenvalue weighted by Gasteiger charge is 2.83. The summed E-state index contributed by atoms with van der Waals surface area (Å²) in [7, 11) is 0. The Kier molecular flexibility index (Phi) is 5.59. The van der Waals surface area contributed by atoms with Gasteiger partial charge in [-0.2, -0.15) is 39.5 Å². The Hall–Kier alpha value is -2.26. The van der Waals surface area contributed by atoms with Crippen LogP contribution in [0.1, 0.15) is 31.2 Å². The van der Waals surface area contributed by atoms with Crippen molar-refractivity contribution >= 4 is 16.6 Å². The van der Waals surface area contributed by atoms with E-state index in [1.54, 1.807) is 42.5 Å². The zero-order valence-corrected chi connectivity index (χ0v) is 16.0. The molecule has 0 N–H and O–H groups in total. The summed E-state index contributed by atoms with van der Waals surface area (Å²) in [5.74, 6) is -26.1. The van der Waals surface area contributed by atoms with Gasteiger partial charge in [0.15, 0.2) is 0 Å². The van der Waals surface area contributed by atoms with Gasteiger partial charge in [-0.25, -0.2) is 0 Å². The number of fused-ring (bicyclic) bond motifs is 1. The van der Waals surface area contributed by atoms with Crippen molar-refractivity contribution in [3.8, 4) is 0 Å². The van der Waals surface area contributed by atoms with Gasteiger partial charge in [0, 0.05) is 5.92 Å². The van der Waals surface area contributed by atoms with Gasteiger partial charge >= 0.3 is 23.9 Å². The molecule has 3 rings (SSSR count). The molecular weight excluding hydrogens is 439 g/mol. The molecule has 1 aliphatic rings. The van der Waals surface area contributed by atoms with Crippen LogP contribution in [-0.2, 0) is 4.79 Å². The van der Waals surface area contributed by atoms with Gasteiger partial charge in [0.05, 0.1) is 5.92 Å². The summed E-state index contributed by atoms with van der Waals surface area (Å²) < 4.78 is 120. The van der Waals surface area contributed by atoms with E-state index in [2.05, 4.69) is 0 Å². The van der Waals surface area contributed by atoms with Gasteiger partial charge in [0.25, 0.3) is 0 Å². The van der Waals surface area contributed by atoms with E-state index in [0.29, 0.717) is 10.9 Å². The predicted octanol–water partition coefficient (Wildman–Crippen LogP) is 7.01. The summed E-state index contributed by atoms with van der Waals surface area (Å²) in [6.45, 7) is 1.19. The molecule has 1 fully saturated rings. The number of alkyl halides is 9. The molecule has 170 valence electrons. The molecule has 0 aliphatic heterocycles. The Balaban J connectivity index is 1.95. The first-order chi connectivity index (χ1) is 14.1. The third-order valence-electron chi connectivity index (χ3n) is 5.99. The van der Waals surface area contributed by atoms with Gasteiger partial charge in [-0.1, -0.05) is 49.4 Å². The zero-order chi connectivity index (χ0) is 23.4. The monoisotopic (exact) mass is 456 g/mol. The minimum Gasteiger partial charge on any atom is -0.299 e. The first-order valence-corrected chi connectivity index (χ1v) is 9.36. The van der Waals surface area contributed by atoms with E-state index >= 15 is 0 Å². The number of Topliss-reactive ketones (excluding diaryl/α,β-unsaturated/α-hetero) is 1. The van der Waals surface area contributed by atoms with Crippen molar-refractivity contribution in [1.29, 1.82) is 0 Å². The molecule has 2 aromatic rings. The summed E-state index contributed by atoms with van der Waals surface area (Å²) in [5.41, 5.74) is 0.591. The van der Waals surface area contributed by atoms with Crippen LogP contribution in [0.3, 0.4) is 0 Å². The lowest BCUT2D eigenvalue weighted by atomic mass is 9.67. The van der Waals surface area contributed by atoms with Crippen LogP contribution in [0.25, 0.3) is 10.8 Å². The summed E-state index contributed by atoms with van der Waals surface area (Å²) in [4.78, 5) is 12.6. The lowest BCUT2D eigenvalue weighted by Gasteiger charge is -2.41. The third-order valence-corrected chi connectivity index (χ3v) is 5.99. The smallest absolute Gasteiger partial charge is 0.299 e. The van der Waals surface area contributed by atoms with Crippen LogP contribution in [0, 0.1) is 11.8 Å². The average Bonchev–Trinajstić information content (AvgIpc) is 2.68. The fraction of sp³-hybridized carbons (Fsp3) is 0.476. The first kappa shape index (κ1) is 23.4. The minimum atomic E-state index is -7.00. The molecule has 0 heterocycles. The lowest BCUT2D eigenvalue weighted by molar-refractivity contribution is -0.401. The predicted molar refractivity (Wildman–Crippen MR) is 94.5 cm³/mol. The van der Waals surface area contributed by atoms with Crippen LogP contribution in [0.4, 0.5) is 39.5 Å². The Labute approximate surface area is 171 Å². The maximum absolute atomic E-state index is 14.4. The van der Waals surface area contributed by atoms with Crippen LogP contribution in [-0.4, -0.2) is 29.7 Å². The molecule has 0 bridgehead atoms. The molecule has 0 aromatic heterocycles. The van der Waals surface area contributed by atoms with Gasteiger partial charge in [0.1, 0.15) is 5.78 Å². The quantitative estimate of drug-likeness (QED) is 0.453. The second kappa shape index (κ2) is 7.41. The molecule has 2 aromatic carbocycles. The van der Waals surface area contributed by atoms with Crippen molar-refractivity contribution in [2.45, 2.75) is 49.6 Å². The maximum Gasteiger partial charge on any atom is 0.460 e. The van der Waals surface area contributed by atoms with Crippen LogP contribution in [0.5, 0.6) is 0 Å². The van der Waals surface area contributed by atoms with Crippen molar-refractivity contribution in [3.63, 3.8) is 0 Å². The largest absolute Gasteiger partial charge is 0.460 e. The van der Waals surface area contributed by atoms with E-state index in [0.717, 1.165) is 5.39 Å². The highest BCUT2D eigenvalue weighted by molar-refractivity contribution is 5.90. The second-order valence-corrected chi connectivity index (χ2v) is 7.77. The van der Waals surface area contributed by atoms with Crippen molar-refractivity contribution in [2.75, 3.05) is 0 Å². The molecule has 1 aliphatic carbocycles. The number of rotatable bonds is 4. The number of halogens is 9. The van der Waals surface area contributed by atoms with E-state index in [9.17, 15) is 44.3 Å². The third kappa shape index (κ3) is 3.47. The van der Waals surface area contributed by atoms with E-state index in [1.165, 1.54) is 6.92 Å². The van der Waals surface area contributed by atoms with Gasteiger partial charge in [0.2, 0.25) is 0 Å². The lowest BCUT2D eigenvalue weighted by Crippen LogP contribution is -2.64. The summed E-state index contributed by atoms with van der Waals surface area (Å²) in [6, 6.07) is 12.0. The number of carbonyl (C=O) groups is 1. The Bertz CT molecular complexity index is 975. The summed E-state index contributed by atoms with van der Waals surface area (Å²) in [6.07, 6.45) is -8.11. The topological polar surface area (TPSA) is 17.1 Å². The molecule has 3 atom stereocenters. The summed E-state index contributed by atoms with van der Waals surface area (Å²) >= 11 is 0. The molecule has 0 radical (unpaired) electrons. The molecule has 0 saturated heterocycles. The van der Waals surface area contributed by atoms with Gasteiger partial charge in [-0.3, -0.25) is 4.79 Å². The normalized spacial score (nSPS) is 23.9. The van der Waals surface area contributed by atoms with E-state index in [4.69, 9.17) is 0 Å². The van der Waals surface area contributed by atoms with Crippen molar-refractivity contribution in [3.05, 3.63) is 48.0 Å². The molecule has 3 unspecified atom stereocenters. The maximum atomic E-state index is 14.4. The number of hydrogen-bond donors (Lipinski definition) is 0. The number of ketones is 1. The molecule has 1 nitrogen and oxygen atoms in total.